The van der Waals surface area contributed by atoms with Crippen LogP contribution in [0.15, 0.2) is 17.3 Å². The number of imidazole rings is 1. The number of aromatic nitrogens is 9. The Hall–Kier alpha value is -2.82. The normalized spacial score (nSPS) is 28.6. The van der Waals surface area contributed by atoms with Crippen LogP contribution in [0.3, 0.4) is 0 Å². The molecule has 8 atom stereocenters. The molecule has 0 amide bonds. The second-order valence-electron chi connectivity index (χ2n) is 10.1. The third-order valence-electron chi connectivity index (χ3n) is 7.17. The smallest absolute Gasteiger partial charge is 0.393 e. The number of hydrogen-bond donors (Lipinski definition) is 6. The highest BCUT2D eigenvalue weighted by atomic mass is 32.7. The highest BCUT2D eigenvalue weighted by Crippen LogP contribution is 2.52. The average Bonchev–Trinajstić information content (AvgIpc) is 3.76. The number of aliphatic hydroxyl groups is 1. The molecule has 0 spiro atoms. The van der Waals surface area contributed by atoms with Crippen molar-refractivity contribution in [3.63, 3.8) is 0 Å². The molecule has 6 heterocycles. The summed E-state index contributed by atoms with van der Waals surface area (Å²) in [5.74, 6) is -0.105. The lowest BCUT2D eigenvalue weighted by molar-refractivity contribution is -0.119. The minimum Gasteiger partial charge on any atom is -0.393 e. The van der Waals surface area contributed by atoms with Gasteiger partial charge < -0.3 is 40.0 Å². The van der Waals surface area contributed by atoms with Gasteiger partial charge in [-0.05, 0) is 16.4 Å². The van der Waals surface area contributed by atoms with Gasteiger partial charge in [-0.3, -0.25) is 9.78 Å². The molecule has 0 aromatic carbocycles. The third kappa shape index (κ3) is 6.30. The van der Waals surface area contributed by atoms with E-state index in [1.54, 1.807) is 0 Å². The van der Waals surface area contributed by atoms with Gasteiger partial charge in [-0.2, -0.15) is 14.8 Å². The minimum absolute atomic E-state index is 0.125. The number of anilines is 2. The lowest BCUT2D eigenvalue weighted by Gasteiger charge is -2.25. The van der Waals surface area contributed by atoms with E-state index in [9.17, 15) is 23.7 Å². The first kappa shape index (κ1) is 32.1. The second kappa shape index (κ2) is 12.4. The van der Waals surface area contributed by atoms with Crippen molar-refractivity contribution in [1.82, 2.24) is 44.5 Å². The largest absolute Gasteiger partial charge is 0.582 e. The summed E-state index contributed by atoms with van der Waals surface area (Å²) in [6, 6.07) is 0. The maximum absolute atomic E-state index is 14.1. The van der Waals surface area contributed by atoms with Crippen molar-refractivity contribution >= 4 is 66.6 Å². The zero-order valence-electron chi connectivity index (χ0n) is 22.7. The lowest BCUT2D eigenvalue weighted by Crippen LogP contribution is -2.36. The van der Waals surface area contributed by atoms with E-state index in [2.05, 4.69) is 47.6 Å². The number of nitrogens with one attached hydrogen (secondary N) is 1. The number of hydrogen-bond acceptors (Lipinski definition) is 17. The maximum Gasteiger partial charge on any atom is 0.582 e. The molecule has 25 heteroatoms. The first-order valence-corrected chi connectivity index (χ1v) is 17.9. The molecule has 4 aromatic rings. The molecule has 6 rings (SSSR count). The maximum atomic E-state index is 14.1. The lowest BCUT2D eigenvalue weighted by atomic mass is 10.0. The number of nitrogens with two attached hydrogens (primary N) is 2. The Morgan fingerprint density at radius 1 is 1.33 bits per heavy atom. The molecule has 2 aliphatic heterocycles. The van der Waals surface area contributed by atoms with Crippen molar-refractivity contribution in [3.05, 3.63) is 28.6 Å². The number of thiol groups is 1. The predicted molar refractivity (Wildman–Crippen MR) is 157 cm³/mol. The van der Waals surface area contributed by atoms with E-state index in [4.69, 9.17) is 46.3 Å². The standard InChI is InChI=1S/C20H24FN11O9P2S2/c21-5-20(6-33)2-11(18(39-20)32-15-13(29-30-32)17(34)28-19(23)27-15)41-43(36,45)37-4-12-10(40-42(35)44)1-9(38-12)8-3-24-16-14(22)25-7-26-31(8)16/h3,7,9-12,18,33H,1-2,4-6H2,(H6-,22,23,25,26,27,28,30,34,35,36,44,45)/p+1/t9-,10+,11-,12-,18-,20-,43?/m1/s1. The molecule has 2 unspecified atom stereocenters. The van der Waals surface area contributed by atoms with Gasteiger partial charge in [0.15, 0.2) is 28.9 Å². The number of nitrogen functional groups attached to an aromatic ring is 2. The zero-order valence-corrected chi connectivity index (χ0v) is 26.2. The quantitative estimate of drug-likeness (QED) is 0.0873. The molecule has 0 bridgehead atoms. The fourth-order valence-electron chi connectivity index (χ4n) is 5.12. The van der Waals surface area contributed by atoms with Gasteiger partial charge in [0.05, 0.1) is 25.1 Å². The Balaban J connectivity index is 1.21. The molecule has 7 N–H and O–H groups in total. The summed E-state index contributed by atoms with van der Waals surface area (Å²) >= 11 is 9.10. The van der Waals surface area contributed by atoms with Gasteiger partial charge in [-0.25, -0.2) is 18.9 Å². The van der Waals surface area contributed by atoms with E-state index in [1.807, 2.05) is 0 Å². The van der Waals surface area contributed by atoms with E-state index in [0.29, 0.717) is 11.3 Å². The molecule has 4 aromatic heterocycles. The summed E-state index contributed by atoms with van der Waals surface area (Å²) in [5, 5.41) is 21.7. The summed E-state index contributed by atoms with van der Waals surface area (Å²) < 4.78 is 57.1. The first-order chi connectivity index (χ1) is 21.4. The van der Waals surface area contributed by atoms with Crippen LogP contribution in [0.5, 0.6) is 0 Å². The molecule has 2 saturated heterocycles. The third-order valence-corrected chi connectivity index (χ3v) is 9.49. The number of rotatable bonds is 11. The van der Waals surface area contributed by atoms with Crippen LogP contribution < -0.4 is 17.0 Å². The van der Waals surface area contributed by atoms with Crippen LogP contribution in [-0.4, -0.2) is 98.3 Å². The Bertz CT molecular complexity index is 1860. The number of alkyl halides is 1. The van der Waals surface area contributed by atoms with Crippen molar-refractivity contribution in [3.8, 4) is 0 Å². The van der Waals surface area contributed by atoms with Crippen LogP contribution in [-0.2, 0) is 39.4 Å². The Morgan fingerprint density at radius 2 is 2.13 bits per heavy atom. The fourth-order valence-corrected chi connectivity index (χ4v) is 7.37. The highest BCUT2D eigenvalue weighted by molar-refractivity contribution is 8.39. The van der Waals surface area contributed by atoms with Crippen LogP contribution in [0, 0.1) is 0 Å². The highest BCUT2D eigenvalue weighted by Gasteiger charge is 2.51. The van der Waals surface area contributed by atoms with E-state index in [0.717, 1.165) is 4.68 Å². The molecule has 0 aliphatic carbocycles. The molecular weight excluding hydrogens is 683 g/mol. The van der Waals surface area contributed by atoms with Crippen LogP contribution in [0.25, 0.3) is 16.8 Å². The van der Waals surface area contributed by atoms with E-state index in [-0.39, 0.29) is 35.8 Å². The van der Waals surface area contributed by atoms with Gasteiger partial charge in [0.25, 0.3) is 5.56 Å². The van der Waals surface area contributed by atoms with E-state index >= 15 is 0 Å². The van der Waals surface area contributed by atoms with Gasteiger partial charge in [0.2, 0.25) is 5.95 Å². The predicted octanol–water partition coefficient (Wildman–Crippen LogP) is -0.143. The van der Waals surface area contributed by atoms with Crippen molar-refractivity contribution in [1.29, 1.82) is 0 Å². The number of nitrogens with zero attached hydrogens (tertiary/aromatic N) is 8. The number of aliphatic hydroxyl groups excluding tert-OH is 1. The molecule has 2 fully saturated rings. The SMILES string of the molecule is Nc1nc2c(nnn2[C@@H]2O[C@@](CO)(CF)C[C@H]2OP(O)(=S)OC[C@H]2O[C@@H](c3cnc4c(N)ncnn34)C[C@@H]2O[P+](=O)S)c(=O)[nH]1. The van der Waals surface area contributed by atoms with E-state index < -0.39 is 75.6 Å². The van der Waals surface area contributed by atoms with Crippen molar-refractivity contribution < 1.29 is 42.0 Å². The summed E-state index contributed by atoms with van der Waals surface area (Å²) in [4.78, 5) is 37.8. The second-order valence-corrected chi connectivity index (χ2v) is 14.6. The Kier molecular flexibility index (Phi) is 8.86. The first-order valence-electron chi connectivity index (χ1n) is 13.0. The number of aromatic amines is 1. The van der Waals surface area contributed by atoms with Crippen molar-refractivity contribution in [2.24, 2.45) is 0 Å². The van der Waals surface area contributed by atoms with Crippen LogP contribution in [0.4, 0.5) is 16.2 Å². The van der Waals surface area contributed by atoms with Gasteiger partial charge in [0.1, 0.15) is 55.3 Å². The number of halogens is 1. The molecule has 2 aliphatic rings. The van der Waals surface area contributed by atoms with Crippen LogP contribution >= 0.6 is 26.2 Å². The molecule has 242 valence electrons. The average molecular weight is 709 g/mol. The van der Waals surface area contributed by atoms with Gasteiger partial charge >= 0.3 is 13.9 Å². The zero-order chi connectivity index (χ0) is 32.1. The number of fused-ring (bicyclic) bond motifs is 2. The van der Waals surface area contributed by atoms with Gasteiger partial charge in [-0.1, -0.05) is 5.21 Å². The molecule has 0 radical (unpaired) electrons. The monoisotopic (exact) mass is 708 g/mol. The summed E-state index contributed by atoms with van der Waals surface area (Å²) in [5.41, 5.74) is 9.55. The Morgan fingerprint density at radius 3 is 2.87 bits per heavy atom. The minimum atomic E-state index is -4.18. The topological polar surface area (TPSA) is 275 Å². The molecule has 0 saturated carbocycles. The van der Waals surface area contributed by atoms with Crippen LogP contribution in [0.1, 0.15) is 30.9 Å². The fraction of sp³-hybridized carbons (Fsp3) is 0.550. The Labute approximate surface area is 261 Å². The van der Waals surface area contributed by atoms with Crippen LogP contribution in [0.2, 0.25) is 0 Å². The van der Waals surface area contributed by atoms with E-state index in [1.165, 1.54) is 17.0 Å². The van der Waals surface area contributed by atoms with Gasteiger partial charge in [0, 0.05) is 12.8 Å². The molecule has 45 heavy (non-hydrogen) atoms. The summed E-state index contributed by atoms with van der Waals surface area (Å²) in [6.45, 7) is -6.49. The molecular formula is C20H25FN11O9P2S2+. The number of ether oxygens (including phenoxy) is 2. The van der Waals surface area contributed by atoms with Crippen molar-refractivity contribution in [2.75, 3.05) is 31.4 Å². The van der Waals surface area contributed by atoms with Crippen molar-refractivity contribution in [2.45, 2.75) is 49.1 Å². The summed E-state index contributed by atoms with van der Waals surface area (Å²) in [7, 11) is -2.37. The number of H-pyrrole nitrogens is 1. The molecule has 20 nitrogen and oxygen atoms in total. The van der Waals surface area contributed by atoms with Gasteiger partial charge in [-0.15, -0.1) is 9.62 Å². The summed E-state index contributed by atoms with van der Waals surface area (Å²) in [6.07, 6.45) is -2.47.